The molecule has 2 nitrogen and oxygen atoms in total. The molecule has 0 saturated heterocycles. The normalized spacial score (nSPS) is 13.0. The van der Waals surface area contributed by atoms with Crippen LogP contribution in [0.2, 0.25) is 5.02 Å². The van der Waals surface area contributed by atoms with Crippen molar-refractivity contribution < 1.29 is 0 Å². The molecule has 0 radical (unpaired) electrons. The molecule has 1 atom stereocenters. The fraction of sp³-hybridized carbons (Fsp3) is 0.154. The van der Waals surface area contributed by atoms with Crippen molar-refractivity contribution in [1.29, 1.82) is 0 Å². The van der Waals surface area contributed by atoms with E-state index in [0.717, 1.165) is 26.8 Å². The van der Waals surface area contributed by atoms with Crippen molar-refractivity contribution in [2.45, 2.75) is 12.5 Å². The molecule has 1 unspecified atom stereocenters. The average Bonchev–Trinajstić information content (AvgIpc) is 2.94. The van der Waals surface area contributed by atoms with Gasteiger partial charge in [-0.1, -0.05) is 23.7 Å². The second-order valence-electron chi connectivity index (χ2n) is 4.02. The number of hydrogen-bond acceptors (Lipinski definition) is 4. The first kappa shape index (κ1) is 12.1. The van der Waals surface area contributed by atoms with Gasteiger partial charge in [-0.15, -0.1) is 22.7 Å². The van der Waals surface area contributed by atoms with Crippen LogP contribution in [0, 0.1) is 0 Å². The molecule has 0 aliphatic heterocycles. The van der Waals surface area contributed by atoms with Crippen LogP contribution in [0.1, 0.15) is 15.9 Å². The second kappa shape index (κ2) is 4.97. The Morgan fingerprint density at radius 3 is 2.83 bits per heavy atom. The molecule has 0 saturated carbocycles. The van der Waals surface area contributed by atoms with Crippen LogP contribution in [0.3, 0.4) is 0 Å². The lowest BCUT2D eigenvalue weighted by Crippen LogP contribution is -2.11. The zero-order valence-corrected chi connectivity index (χ0v) is 11.9. The van der Waals surface area contributed by atoms with Gasteiger partial charge in [0.05, 0.1) is 20.2 Å². The van der Waals surface area contributed by atoms with Crippen molar-refractivity contribution in [3.8, 4) is 0 Å². The molecular formula is C13H11ClN2S2. The maximum absolute atomic E-state index is 6.19. The number of hydrogen-bond donors (Lipinski definition) is 1. The Morgan fingerprint density at radius 1 is 1.28 bits per heavy atom. The summed E-state index contributed by atoms with van der Waals surface area (Å²) in [6.45, 7) is 0. The minimum Gasteiger partial charge on any atom is -0.323 e. The highest BCUT2D eigenvalue weighted by atomic mass is 35.5. The molecule has 0 bridgehead atoms. The number of rotatable bonds is 3. The summed E-state index contributed by atoms with van der Waals surface area (Å²) in [6.07, 6.45) is 0.736. The van der Waals surface area contributed by atoms with E-state index < -0.39 is 0 Å². The van der Waals surface area contributed by atoms with Gasteiger partial charge in [-0.05, 0) is 23.6 Å². The first-order valence-corrected chi connectivity index (χ1v) is 7.64. The molecule has 0 aliphatic carbocycles. The molecule has 92 valence electrons. The van der Waals surface area contributed by atoms with Crippen molar-refractivity contribution in [3.05, 3.63) is 50.6 Å². The van der Waals surface area contributed by atoms with Gasteiger partial charge in [-0.2, -0.15) is 0 Å². The van der Waals surface area contributed by atoms with E-state index in [9.17, 15) is 0 Å². The summed E-state index contributed by atoms with van der Waals surface area (Å²) in [7, 11) is 0. The van der Waals surface area contributed by atoms with E-state index >= 15 is 0 Å². The molecule has 0 spiro atoms. The van der Waals surface area contributed by atoms with Gasteiger partial charge in [0.2, 0.25) is 0 Å². The molecule has 5 heteroatoms. The van der Waals surface area contributed by atoms with E-state index in [-0.39, 0.29) is 6.04 Å². The summed E-state index contributed by atoms with van der Waals surface area (Å²) in [6, 6.07) is 9.96. The van der Waals surface area contributed by atoms with Gasteiger partial charge in [-0.25, -0.2) is 4.98 Å². The van der Waals surface area contributed by atoms with Crippen molar-refractivity contribution >= 4 is 44.5 Å². The highest BCUT2D eigenvalue weighted by molar-refractivity contribution is 7.18. The predicted molar refractivity (Wildman–Crippen MR) is 79.6 cm³/mol. The van der Waals surface area contributed by atoms with Crippen molar-refractivity contribution in [1.82, 2.24) is 4.98 Å². The van der Waals surface area contributed by atoms with E-state index in [0.29, 0.717) is 0 Å². The molecule has 2 aromatic heterocycles. The van der Waals surface area contributed by atoms with Crippen LogP contribution in [-0.4, -0.2) is 4.98 Å². The third kappa shape index (κ3) is 2.29. The number of fused-ring (bicyclic) bond motifs is 1. The molecule has 0 aliphatic rings. The van der Waals surface area contributed by atoms with Crippen LogP contribution >= 0.6 is 34.3 Å². The molecular weight excluding hydrogens is 284 g/mol. The van der Waals surface area contributed by atoms with Gasteiger partial charge in [0.25, 0.3) is 0 Å². The molecule has 0 fully saturated rings. The van der Waals surface area contributed by atoms with Crippen molar-refractivity contribution in [3.63, 3.8) is 0 Å². The fourth-order valence-electron chi connectivity index (χ4n) is 1.86. The SMILES string of the molecule is NC(Cc1nc2ccccc2s1)c1sccc1Cl. The lowest BCUT2D eigenvalue weighted by Gasteiger charge is -2.07. The molecule has 2 N–H and O–H groups in total. The number of aromatic nitrogens is 1. The first-order valence-electron chi connectivity index (χ1n) is 5.57. The maximum Gasteiger partial charge on any atom is 0.0957 e. The van der Waals surface area contributed by atoms with E-state index in [2.05, 4.69) is 11.1 Å². The standard InChI is InChI=1S/C13H11ClN2S2/c14-8-5-6-17-13(8)9(15)7-12-16-10-3-1-2-4-11(10)18-12/h1-6,9H,7,15H2. The van der Waals surface area contributed by atoms with E-state index in [1.165, 1.54) is 4.70 Å². The highest BCUT2D eigenvalue weighted by Gasteiger charge is 2.14. The lowest BCUT2D eigenvalue weighted by molar-refractivity contribution is 0.734. The lowest BCUT2D eigenvalue weighted by atomic mass is 10.2. The molecule has 0 amide bonds. The van der Waals surface area contributed by atoms with Crippen LogP contribution in [0.15, 0.2) is 35.7 Å². The summed E-state index contributed by atoms with van der Waals surface area (Å²) in [5, 5.41) is 3.79. The minimum atomic E-state index is -0.0712. The number of thiophene rings is 1. The number of nitrogens with zero attached hydrogens (tertiary/aromatic N) is 1. The van der Waals surface area contributed by atoms with Gasteiger partial charge in [-0.3, -0.25) is 0 Å². The molecule has 3 rings (SSSR count). The van der Waals surface area contributed by atoms with Gasteiger partial charge in [0, 0.05) is 17.3 Å². The Labute approximate surface area is 118 Å². The Balaban J connectivity index is 1.86. The first-order chi connectivity index (χ1) is 8.74. The number of nitrogens with two attached hydrogens (primary N) is 1. The number of benzene rings is 1. The van der Waals surface area contributed by atoms with E-state index in [1.807, 2.05) is 29.6 Å². The number of thiazole rings is 1. The average molecular weight is 295 g/mol. The fourth-order valence-corrected chi connectivity index (χ4v) is 4.08. The third-order valence-electron chi connectivity index (χ3n) is 2.71. The largest absolute Gasteiger partial charge is 0.323 e. The smallest absolute Gasteiger partial charge is 0.0957 e. The predicted octanol–water partition coefficient (Wildman–Crippen LogP) is 4.25. The quantitative estimate of drug-likeness (QED) is 0.784. The molecule has 2 heterocycles. The van der Waals surface area contributed by atoms with Crippen molar-refractivity contribution in [2.24, 2.45) is 5.73 Å². The van der Waals surface area contributed by atoms with Gasteiger partial charge in [0.1, 0.15) is 0 Å². The summed E-state index contributed by atoms with van der Waals surface area (Å²) in [5.74, 6) is 0. The summed E-state index contributed by atoms with van der Waals surface area (Å²) in [4.78, 5) is 5.63. The van der Waals surface area contributed by atoms with Crippen LogP contribution in [0.25, 0.3) is 10.2 Å². The highest BCUT2D eigenvalue weighted by Crippen LogP contribution is 2.31. The van der Waals surface area contributed by atoms with Crippen LogP contribution in [0.5, 0.6) is 0 Å². The third-order valence-corrected chi connectivity index (χ3v) is 5.26. The van der Waals surface area contributed by atoms with Crippen LogP contribution < -0.4 is 5.73 Å². The summed E-state index contributed by atoms with van der Waals surface area (Å²) in [5.41, 5.74) is 7.23. The minimum absolute atomic E-state index is 0.0712. The Hall–Kier alpha value is -0.940. The van der Waals surface area contributed by atoms with Gasteiger partial charge in [0.15, 0.2) is 0 Å². The Bertz CT molecular complexity index is 641. The van der Waals surface area contributed by atoms with Gasteiger partial charge >= 0.3 is 0 Å². The maximum atomic E-state index is 6.19. The zero-order valence-electron chi connectivity index (χ0n) is 9.47. The molecule has 3 aromatic rings. The second-order valence-corrected chi connectivity index (χ2v) is 6.49. The van der Waals surface area contributed by atoms with Crippen LogP contribution in [0.4, 0.5) is 0 Å². The summed E-state index contributed by atoms with van der Waals surface area (Å²) < 4.78 is 1.21. The zero-order chi connectivity index (χ0) is 12.5. The monoisotopic (exact) mass is 294 g/mol. The molecule has 1 aromatic carbocycles. The number of halogens is 1. The van der Waals surface area contributed by atoms with E-state index in [4.69, 9.17) is 17.3 Å². The van der Waals surface area contributed by atoms with Crippen molar-refractivity contribution in [2.75, 3.05) is 0 Å². The topological polar surface area (TPSA) is 38.9 Å². The Kier molecular flexibility index (Phi) is 3.35. The van der Waals surface area contributed by atoms with Gasteiger partial charge < -0.3 is 5.73 Å². The molecule has 18 heavy (non-hydrogen) atoms. The van der Waals surface area contributed by atoms with Crippen LogP contribution in [-0.2, 0) is 6.42 Å². The van der Waals surface area contributed by atoms with E-state index in [1.54, 1.807) is 22.7 Å². The Morgan fingerprint density at radius 2 is 2.11 bits per heavy atom. The number of para-hydroxylation sites is 1. The summed E-state index contributed by atoms with van der Waals surface area (Å²) >= 11 is 9.40.